The summed E-state index contributed by atoms with van der Waals surface area (Å²) in [5, 5.41) is 9.15. The van der Waals surface area contributed by atoms with E-state index in [0.29, 0.717) is 9.39 Å². The second kappa shape index (κ2) is 5.61. The number of hydrogen-bond donors (Lipinski definition) is 2. The van der Waals surface area contributed by atoms with Crippen LogP contribution >= 0.6 is 34.1 Å². The van der Waals surface area contributed by atoms with Crippen LogP contribution in [0.25, 0.3) is 0 Å². The first-order valence-corrected chi connectivity index (χ1v) is 8.49. The lowest BCUT2D eigenvalue weighted by molar-refractivity contribution is 0.0695. The second-order valence-corrected chi connectivity index (χ2v) is 7.30. The van der Waals surface area contributed by atoms with Gasteiger partial charge >= 0.3 is 5.97 Å². The Labute approximate surface area is 132 Å². The molecule has 0 radical (unpaired) electrons. The molecular formula is C10H8IN3O4S2. The van der Waals surface area contributed by atoms with Crippen LogP contribution in [0.15, 0.2) is 23.1 Å². The molecule has 0 saturated carbocycles. The predicted octanol–water partition coefficient (Wildman–Crippen LogP) is 1.95. The summed E-state index contributed by atoms with van der Waals surface area (Å²) in [4.78, 5) is 14.8. The van der Waals surface area contributed by atoms with Gasteiger partial charge in [0, 0.05) is 15.1 Å². The molecule has 0 atom stereocenters. The van der Waals surface area contributed by atoms with Gasteiger partial charge in [0.2, 0.25) is 5.13 Å². The summed E-state index contributed by atoms with van der Waals surface area (Å²) in [7, 11) is -3.88. The summed E-state index contributed by atoms with van der Waals surface area (Å²) >= 11 is 2.75. The van der Waals surface area contributed by atoms with E-state index < -0.39 is 16.0 Å². The van der Waals surface area contributed by atoms with Gasteiger partial charge in [-0.2, -0.15) is 4.37 Å². The molecule has 0 bridgehead atoms. The summed E-state index contributed by atoms with van der Waals surface area (Å²) in [6.45, 7) is 1.64. The Hall–Kier alpha value is -1.27. The number of aromatic carboxylic acids is 1. The predicted molar refractivity (Wildman–Crippen MR) is 81.6 cm³/mol. The van der Waals surface area contributed by atoms with Crippen molar-refractivity contribution in [2.75, 3.05) is 4.72 Å². The largest absolute Gasteiger partial charge is 0.478 e. The van der Waals surface area contributed by atoms with Crippen molar-refractivity contribution in [2.24, 2.45) is 0 Å². The fourth-order valence-electron chi connectivity index (χ4n) is 1.35. The molecule has 1 aromatic carbocycles. The van der Waals surface area contributed by atoms with E-state index in [0.717, 1.165) is 17.6 Å². The monoisotopic (exact) mass is 425 g/mol. The lowest BCUT2D eigenvalue weighted by Gasteiger charge is -2.06. The van der Waals surface area contributed by atoms with Gasteiger partial charge in [0.1, 0.15) is 5.82 Å². The molecule has 0 aliphatic carbocycles. The average Bonchev–Trinajstić information content (AvgIpc) is 2.73. The average molecular weight is 425 g/mol. The Kier molecular flexibility index (Phi) is 4.25. The number of rotatable bonds is 4. The minimum absolute atomic E-state index is 0.0677. The van der Waals surface area contributed by atoms with Crippen molar-refractivity contribution in [2.45, 2.75) is 11.8 Å². The number of anilines is 1. The zero-order chi connectivity index (χ0) is 14.9. The van der Waals surface area contributed by atoms with Crippen LogP contribution in [-0.4, -0.2) is 28.9 Å². The molecule has 0 amide bonds. The summed E-state index contributed by atoms with van der Waals surface area (Å²) in [5.74, 6) is -0.722. The summed E-state index contributed by atoms with van der Waals surface area (Å²) in [6.07, 6.45) is 0. The lowest BCUT2D eigenvalue weighted by Crippen LogP contribution is -2.14. The van der Waals surface area contributed by atoms with Gasteiger partial charge in [0.05, 0.1) is 10.5 Å². The van der Waals surface area contributed by atoms with Gasteiger partial charge in [-0.25, -0.2) is 18.2 Å². The first kappa shape index (κ1) is 15.1. The number of benzene rings is 1. The van der Waals surface area contributed by atoms with Crippen LogP contribution in [0.2, 0.25) is 0 Å². The molecule has 1 heterocycles. The molecule has 2 rings (SSSR count). The Morgan fingerprint density at radius 3 is 2.70 bits per heavy atom. The summed E-state index contributed by atoms with van der Waals surface area (Å²) < 4.78 is 30.8. The van der Waals surface area contributed by atoms with Crippen LogP contribution in [0, 0.1) is 10.5 Å². The maximum Gasteiger partial charge on any atom is 0.336 e. The third-order valence-electron chi connectivity index (χ3n) is 2.23. The molecule has 106 valence electrons. The second-order valence-electron chi connectivity index (χ2n) is 3.70. The molecule has 0 spiro atoms. The topological polar surface area (TPSA) is 109 Å². The molecule has 1 aromatic heterocycles. The maximum absolute atomic E-state index is 12.1. The molecular weight excluding hydrogens is 417 g/mol. The van der Waals surface area contributed by atoms with Crippen molar-refractivity contribution in [3.63, 3.8) is 0 Å². The van der Waals surface area contributed by atoms with E-state index in [2.05, 4.69) is 14.1 Å². The van der Waals surface area contributed by atoms with E-state index in [9.17, 15) is 13.2 Å². The summed E-state index contributed by atoms with van der Waals surface area (Å²) in [5.41, 5.74) is -0.0677. The highest BCUT2D eigenvalue weighted by molar-refractivity contribution is 14.1. The molecule has 2 aromatic rings. The SMILES string of the molecule is Cc1nsc(NS(=O)(=O)c2ccc(I)c(C(=O)O)c2)n1. The standard InChI is InChI=1S/C10H8IN3O4S2/c1-5-12-10(19-13-5)14-20(17,18)6-2-3-8(11)7(4-6)9(15)16/h2-4H,1H3,(H,15,16)(H,12,13,14). The number of carboxylic acids is 1. The fraction of sp³-hybridized carbons (Fsp3) is 0.100. The Bertz CT molecular complexity index is 773. The molecule has 2 N–H and O–H groups in total. The number of hydrogen-bond acceptors (Lipinski definition) is 6. The van der Waals surface area contributed by atoms with E-state index in [1.807, 2.05) is 22.6 Å². The summed E-state index contributed by atoms with van der Waals surface area (Å²) in [6, 6.07) is 3.88. The minimum Gasteiger partial charge on any atom is -0.478 e. The van der Waals surface area contributed by atoms with Gasteiger partial charge < -0.3 is 5.11 Å². The van der Waals surface area contributed by atoms with E-state index in [4.69, 9.17) is 5.11 Å². The van der Waals surface area contributed by atoms with Gasteiger partial charge in [0.25, 0.3) is 10.0 Å². The maximum atomic E-state index is 12.1. The molecule has 0 saturated heterocycles. The molecule has 0 aliphatic rings. The van der Waals surface area contributed by atoms with Gasteiger partial charge in [-0.05, 0) is 47.7 Å². The van der Waals surface area contributed by atoms with Crippen molar-refractivity contribution in [1.29, 1.82) is 0 Å². The Balaban J connectivity index is 2.39. The van der Waals surface area contributed by atoms with Crippen LogP contribution in [-0.2, 0) is 10.0 Å². The lowest BCUT2D eigenvalue weighted by atomic mass is 10.2. The molecule has 0 aliphatic heterocycles. The molecule has 10 heteroatoms. The van der Waals surface area contributed by atoms with Gasteiger partial charge in [0.15, 0.2) is 0 Å². The number of aromatic nitrogens is 2. The number of sulfonamides is 1. The van der Waals surface area contributed by atoms with Gasteiger partial charge in [-0.15, -0.1) is 0 Å². The van der Waals surface area contributed by atoms with Crippen molar-refractivity contribution < 1.29 is 18.3 Å². The third kappa shape index (κ3) is 3.24. The molecule has 20 heavy (non-hydrogen) atoms. The van der Waals surface area contributed by atoms with E-state index in [1.165, 1.54) is 12.1 Å². The Morgan fingerprint density at radius 1 is 1.45 bits per heavy atom. The van der Waals surface area contributed by atoms with Crippen LogP contribution in [0.1, 0.15) is 16.2 Å². The van der Waals surface area contributed by atoms with Gasteiger partial charge in [-0.1, -0.05) is 0 Å². The quantitative estimate of drug-likeness (QED) is 0.725. The first-order valence-electron chi connectivity index (χ1n) is 5.15. The number of halogens is 1. The Morgan fingerprint density at radius 2 is 2.15 bits per heavy atom. The zero-order valence-corrected chi connectivity index (χ0v) is 13.8. The number of nitrogens with zero attached hydrogens (tertiary/aromatic N) is 2. The van der Waals surface area contributed by atoms with Crippen molar-refractivity contribution >= 4 is 55.2 Å². The van der Waals surface area contributed by atoms with Crippen molar-refractivity contribution in [1.82, 2.24) is 9.36 Å². The van der Waals surface area contributed by atoms with Crippen molar-refractivity contribution in [3.05, 3.63) is 33.2 Å². The van der Waals surface area contributed by atoms with Crippen LogP contribution in [0.3, 0.4) is 0 Å². The number of carbonyl (C=O) groups is 1. The molecule has 0 fully saturated rings. The molecule has 0 unspecified atom stereocenters. The van der Waals surface area contributed by atoms with Crippen LogP contribution in [0.5, 0.6) is 0 Å². The van der Waals surface area contributed by atoms with Gasteiger partial charge in [-0.3, -0.25) is 4.72 Å². The number of nitrogens with one attached hydrogen (secondary N) is 1. The van der Waals surface area contributed by atoms with Crippen LogP contribution < -0.4 is 4.72 Å². The van der Waals surface area contributed by atoms with Crippen LogP contribution in [0.4, 0.5) is 5.13 Å². The van der Waals surface area contributed by atoms with E-state index in [-0.39, 0.29) is 15.6 Å². The smallest absolute Gasteiger partial charge is 0.336 e. The van der Waals surface area contributed by atoms with E-state index in [1.54, 1.807) is 6.92 Å². The zero-order valence-electron chi connectivity index (χ0n) is 9.99. The fourth-order valence-corrected chi connectivity index (χ4v) is 3.74. The highest BCUT2D eigenvalue weighted by Gasteiger charge is 2.19. The highest BCUT2D eigenvalue weighted by Crippen LogP contribution is 2.21. The first-order chi connectivity index (χ1) is 9.29. The molecule has 7 nitrogen and oxygen atoms in total. The number of aryl methyl sites for hydroxylation is 1. The highest BCUT2D eigenvalue weighted by atomic mass is 127. The normalized spacial score (nSPS) is 11.3. The minimum atomic E-state index is -3.88. The third-order valence-corrected chi connectivity index (χ3v) is 5.36. The number of carboxylic acid groups (broad SMARTS) is 1. The van der Waals surface area contributed by atoms with Crippen molar-refractivity contribution in [3.8, 4) is 0 Å². The van der Waals surface area contributed by atoms with E-state index >= 15 is 0 Å².